The molecule has 1 aliphatic rings. The van der Waals surface area contributed by atoms with E-state index in [1.54, 1.807) is 30.5 Å². The lowest BCUT2D eigenvalue weighted by Crippen LogP contribution is -2.44. The van der Waals surface area contributed by atoms with E-state index in [-0.39, 0.29) is 24.4 Å². The van der Waals surface area contributed by atoms with Crippen LogP contribution in [0.3, 0.4) is 0 Å². The third-order valence-corrected chi connectivity index (χ3v) is 7.97. The maximum absolute atomic E-state index is 13.5. The number of hydrogen-bond donors (Lipinski definition) is 0. The van der Waals surface area contributed by atoms with Gasteiger partial charge in [-0.25, -0.2) is 0 Å². The Bertz CT molecular complexity index is 1130. The van der Waals surface area contributed by atoms with E-state index in [9.17, 15) is 9.59 Å². The van der Waals surface area contributed by atoms with Gasteiger partial charge in [-0.2, -0.15) is 0 Å². The van der Waals surface area contributed by atoms with Crippen molar-refractivity contribution >= 4 is 34.9 Å². The minimum absolute atomic E-state index is 0.0196. The van der Waals surface area contributed by atoms with Crippen molar-refractivity contribution in [3.63, 3.8) is 0 Å². The van der Waals surface area contributed by atoms with E-state index in [1.165, 1.54) is 11.8 Å². The van der Waals surface area contributed by atoms with Gasteiger partial charge >= 0.3 is 0 Å². The highest BCUT2D eigenvalue weighted by Crippen LogP contribution is 2.29. The van der Waals surface area contributed by atoms with Gasteiger partial charge in [-0.15, -0.1) is 23.1 Å². The largest absolute Gasteiger partial charge is 0.493 e. The van der Waals surface area contributed by atoms with Crippen molar-refractivity contribution in [1.29, 1.82) is 0 Å². The number of nitrogens with zero attached hydrogens (tertiary/aromatic N) is 2. The second-order valence-corrected chi connectivity index (χ2v) is 10.8. The number of amides is 2. The Labute approximate surface area is 221 Å². The second-order valence-electron chi connectivity index (χ2n) is 8.69. The summed E-state index contributed by atoms with van der Waals surface area (Å²) in [6, 6.07) is 20.0. The smallest absolute Gasteiger partial charge is 0.242 e. The van der Waals surface area contributed by atoms with E-state index in [1.807, 2.05) is 70.9 Å². The average Bonchev–Trinajstić information content (AvgIpc) is 3.63. The van der Waals surface area contributed by atoms with Crippen molar-refractivity contribution in [2.75, 3.05) is 33.1 Å². The van der Waals surface area contributed by atoms with Gasteiger partial charge in [0.15, 0.2) is 11.5 Å². The number of methoxy groups -OCH3 is 2. The minimum atomic E-state index is -0.0196. The quantitative estimate of drug-likeness (QED) is 0.291. The number of benzene rings is 2. The molecule has 0 atom stereocenters. The fourth-order valence-corrected chi connectivity index (χ4v) is 5.51. The van der Waals surface area contributed by atoms with Gasteiger partial charge in [0, 0.05) is 22.4 Å². The molecule has 0 unspecified atom stereocenters. The first-order valence-electron chi connectivity index (χ1n) is 12.1. The summed E-state index contributed by atoms with van der Waals surface area (Å²) in [5, 5.41) is 2.02. The number of carbonyl (C=O) groups excluding carboxylic acids is 2. The van der Waals surface area contributed by atoms with Crippen LogP contribution in [0.1, 0.15) is 23.3 Å². The highest BCUT2D eigenvalue weighted by atomic mass is 32.2. The Morgan fingerprint density at radius 1 is 0.972 bits per heavy atom. The highest BCUT2D eigenvalue weighted by molar-refractivity contribution is 8.00. The van der Waals surface area contributed by atoms with Crippen molar-refractivity contribution in [2.24, 2.45) is 0 Å². The molecule has 4 rings (SSSR count). The maximum Gasteiger partial charge on any atom is 0.242 e. The Kier molecular flexibility index (Phi) is 9.30. The van der Waals surface area contributed by atoms with Gasteiger partial charge in [0.05, 0.1) is 26.5 Å². The number of carbonyl (C=O) groups is 2. The standard InChI is InChI=1S/C28H32N2O4S2/c1-33-25-13-10-21(17-26(25)34-2)14-15-29(18-24-9-6-16-35-24)27(31)19-30(22-11-12-22)28(32)20-36-23-7-4-3-5-8-23/h3-10,13,16-17,22H,11-12,14-15,18-20H2,1-2H3. The summed E-state index contributed by atoms with van der Waals surface area (Å²) in [6.45, 7) is 1.21. The van der Waals surface area contributed by atoms with Gasteiger partial charge in [-0.05, 0) is 60.5 Å². The van der Waals surface area contributed by atoms with Gasteiger partial charge in [-0.1, -0.05) is 30.3 Å². The first-order valence-corrected chi connectivity index (χ1v) is 13.9. The normalized spacial score (nSPS) is 12.7. The second kappa shape index (κ2) is 12.8. The molecule has 1 saturated carbocycles. The number of thioether (sulfide) groups is 1. The van der Waals surface area contributed by atoms with Crippen molar-refractivity contribution in [1.82, 2.24) is 9.80 Å². The Hall–Kier alpha value is -2.97. The zero-order valence-electron chi connectivity index (χ0n) is 20.7. The Balaban J connectivity index is 1.42. The molecular formula is C28H32N2O4S2. The topological polar surface area (TPSA) is 59.1 Å². The predicted molar refractivity (Wildman–Crippen MR) is 145 cm³/mol. The first-order chi connectivity index (χ1) is 17.6. The number of ether oxygens (including phenoxy) is 2. The van der Waals surface area contributed by atoms with Crippen molar-refractivity contribution in [3.05, 3.63) is 76.5 Å². The fourth-order valence-electron chi connectivity index (χ4n) is 3.98. The van der Waals surface area contributed by atoms with E-state index in [0.29, 0.717) is 36.8 Å². The van der Waals surface area contributed by atoms with E-state index in [2.05, 4.69) is 0 Å². The van der Waals surface area contributed by atoms with Gasteiger partial charge in [0.1, 0.15) is 6.54 Å². The van der Waals surface area contributed by atoms with Crippen LogP contribution < -0.4 is 9.47 Å². The summed E-state index contributed by atoms with van der Waals surface area (Å²) in [6.07, 6.45) is 2.61. The average molecular weight is 525 g/mol. The molecule has 8 heteroatoms. The first kappa shape index (κ1) is 26.1. The van der Waals surface area contributed by atoms with Crippen LogP contribution in [0.4, 0.5) is 0 Å². The molecule has 0 N–H and O–H groups in total. The predicted octanol–water partition coefficient (Wildman–Crippen LogP) is 5.12. The van der Waals surface area contributed by atoms with E-state index in [0.717, 1.165) is 28.2 Å². The highest BCUT2D eigenvalue weighted by Gasteiger charge is 2.34. The molecule has 6 nitrogen and oxygen atoms in total. The van der Waals surface area contributed by atoms with Gasteiger partial charge in [-0.3, -0.25) is 9.59 Å². The molecule has 0 aliphatic heterocycles. The van der Waals surface area contributed by atoms with Gasteiger partial charge < -0.3 is 19.3 Å². The monoisotopic (exact) mass is 524 g/mol. The van der Waals surface area contributed by atoms with E-state index >= 15 is 0 Å². The Morgan fingerprint density at radius 3 is 2.42 bits per heavy atom. The fraction of sp³-hybridized carbons (Fsp3) is 0.357. The molecule has 0 bridgehead atoms. The molecule has 1 fully saturated rings. The molecule has 0 radical (unpaired) electrons. The van der Waals surface area contributed by atoms with Crippen LogP contribution >= 0.6 is 23.1 Å². The van der Waals surface area contributed by atoms with Crippen LogP contribution in [0.5, 0.6) is 11.5 Å². The molecule has 2 aromatic carbocycles. The van der Waals surface area contributed by atoms with Crippen LogP contribution in [-0.4, -0.2) is 60.7 Å². The summed E-state index contributed by atoms with van der Waals surface area (Å²) in [7, 11) is 3.23. The summed E-state index contributed by atoms with van der Waals surface area (Å²) in [5.74, 6) is 1.70. The van der Waals surface area contributed by atoms with Crippen molar-refractivity contribution < 1.29 is 19.1 Å². The SMILES string of the molecule is COc1ccc(CCN(Cc2cccs2)C(=O)CN(C(=O)CSc2ccccc2)C2CC2)cc1OC. The van der Waals surface area contributed by atoms with Crippen molar-refractivity contribution in [3.8, 4) is 11.5 Å². The summed E-state index contributed by atoms with van der Waals surface area (Å²) in [4.78, 5) is 32.5. The zero-order chi connectivity index (χ0) is 25.3. The molecule has 0 spiro atoms. The van der Waals surface area contributed by atoms with Gasteiger partial charge in [0.25, 0.3) is 0 Å². The van der Waals surface area contributed by atoms with Crippen LogP contribution in [0, 0.1) is 0 Å². The van der Waals surface area contributed by atoms with Crippen LogP contribution in [0.15, 0.2) is 70.9 Å². The molecule has 190 valence electrons. The lowest BCUT2D eigenvalue weighted by molar-refractivity contribution is -0.140. The molecule has 1 heterocycles. The lowest BCUT2D eigenvalue weighted by Gasteiger charge is -2.28. The molecular weight excluding hydrogens is 492 g/mol. The summed E-state index contributed by atoms with van der Waals surface area (Å²) >= 11 is 3.16. The van der Waals surface area contributed by atoms with E-state index < -0.39 is 0 Å². The zero-order valence-corrected chi connectivity index (χ0v) is 22.4. The molecule has 1 aromatic heterocycles. The number of thiophene rings is 1. The molecule has 0 saturated heterocycles. The molecule has 2 amide bonds. The third kappa shape index (κ3) is 7.27. The van der Waals surface area contributed by atoms with Gasteiger partial charge in [0.2, 0.25) is 11.8 Å². The molecule has 1 aliphatic carbocycles. The number of rotatable bonds is 13. The van der Waals surface area contributed by atoms with Crippen molar-refractivity contribution in [2.45, 2.75) is 36.7 Å². The number of hydrogen-bond acceptors (Lipinski definition) is 6. The molecule has 3 aromatic rings. The maximum atomic E-state index is 13.5. The summed E-state index contributed by atoms with van der Waals surface area (Å²) < 4.78 is 10.8. The summed E-state index contributed by atoms with van der Waals surface area (Å²) in [5.41, 5.74) is 1.06. The Morgan fingerprint density at radius 2 is 1.75 bits per heavy atom. The van der Waals surface area contributed by atoms with Crippen LogP contribution in [0.2, 0.25) is 0 Å². The van der Waals surface area contributed by atoms with E-state index in [4.69, 9.17) is 9.47 Å². The van der Waals surface area contributed by atoms with Crippen LogP contribution in [0.25, 0.3) is 0 Å². The lowest BCUT2D eigenvalue weighted by atomic mass is 10.1. The minimum Gasteiger partial charge on any atom is -0.493 e. The van der Waals surface area contributed by atoms with Crippen LogP contribution in [-0.2, 0) is 22.6 Å². The molecule has 36 heavy (non-hydrogen) atoms. The third-order valence-electron chi connectivity index (χ3n) is 6.12.